The molecule has 5 nitrogen and oxygen atoms in total. The number of nitrogens with one attached hydrogen (secondary N) is 1. The second-order valence-electron chi connectivity index (χ2n) is 5.18. The number of carbonyl (C=O) groups excluding carboxylic acids is 2. The van der Waals surface area contributed by atoms with Gasteiger partial charge in [-0.2, -0.15) is 0 Å². The number of hydrogen-bond acceptors (Lipinski definition) is 3. The predicted octanol–water partition coefficient (Wildman–Crippen LogP) is 1.69. The molecule has 1 saturated heterocycles. The molecule has 1 aliphatic heterocycles. The number of ether oxygens (including phenoxy) is 1. The molecule has 2 amide bonds. The summed E-state index contributed by atoms with van der Waals surface area (Å²) in [6.45, 7) is 2.62. The summed E-state index contributed by atoms with van der Waals surface area (Å²) in [5.74, 6) is -0.0925. The minimum atomic E-state index is -0.149. The van der Waals surface area contributed by atoms with Crippen molar-refractivity contribution in [1.82, 2.24) is 10.2 Å². The van der Waals surface area contributed by atoms with E-state index < -0.39 is 0 Å². The number of methoxy groups -OCH3 is 1. The van der Waals surface area contributed by atoms with Gasteiger partial charge in [-0.25, -0.2) is 0 Å². The van der Waals surface area contributed by atoms with Gasteiger partial charge in [-0.05, 0) is 43.5 Å². The number of amides is 2. The standard InChI is InChI=1S/C16H22N2O3/c1-21-12-9-17-15(19)13-5-7-14(8-6-13)16(20)18-10-3-2-4-11-18/h5-8H,2-4,9-12H2,1H3,(H,17,19). The molecule has 0 radical (unpaired) electrons. The zero-order valence-corrected chi connectivity index (χ0v) is 12.4. The van der Waals surface area contributed by atoms with E-state index in [1.165, 1.54) is 6.42 Å². The van der Waals surface area contributed by atoms with Crippen LogP contribution in [-0.2, 0) is 4.74 Å². The average Bonchev–Trinajstić information content (AvgIpc) is 2.55. The number of carbonyl (C=O) groups is 2. The van der Waals surface area contributed by atoms with Gasteiger partial charge in [0.2, 0.25) is 0 Å². The Labute approximate surface area is 125 Å². The van der Waals surface area contributed by atoms with Crippen molar-refractivity contribution in [1.29, 1.82) is 0 Å². The Morgan fingerprint density at radius 2 is 1.71 bits per heavy atom. The molecule has 0 atom stereocenters. The zero-order chi connectivity index (χ0) is 15.1. The molecule has 0 aliphatic carbocycles. The first-order valence-electron chi connectivity index (χ1n) is 7.39. The van der Waals surface area contributed by atoms with Crippen molar-refractivity contribution in [3.8, 4) is 0 Å². The van der Waals surface area contributed by atoms with Crippen LogP contribution in [0.3, 0.4) is 0 Å². The van der Waals surface area contributed by atoms with E-state index in [4.69, 9.17) is 4.74 Å². The quantitative estimate of drug-likeness (QED) is 0.840. The second-order valence-corrected chi connectivity index (χ2v) is 5.18. The van der Waals surface area contributed by atoms with Crippen LogP contribution in [0.25, 0.3) is 0 Å². The van der Waals surface area contributed by atoms with E-state index in [1.54, 1.807) is 31.4 Å². The van der Waals surface area contributed by atoms with Gasteiger partial charge in [-0.3, -0.25) is 9.59 Å². The Kier molecular flexibility index (Phi) is 5.75. The molecule has 2 rings (SSSR count). The normalized spacial score (nSPS) is 14.8. The summed E-state index contributed by atoms with van der Waals surface area (Å²) in [7, 11) is 1.59. The Morgan fingerprint density at radius 1 is 1.10 bits per heavy atom. The van der Waals surface area contributed by atoms with Crippen molar-refractivity contribution in [2.75, 3.05) is 33.4 Å². The molecule has 0 aromatic heterocycles. The van der Waals surface area contributed by atoms with Gasteiger partial charge < -0.3 is 15.0 Å². The molecule has 1 fully saturated rings. The van der Waals surface area contributed by atoms with Gasteiger partial charge in [0.25, 0.3) is 11.8 Å². The lowest BCUT2D eigenvalue weighted by Crippen LogP contribution is -2.35. The number of rotatable bonds is 5. The van der Waals surface area contributed by atoms with Crippen LogP contribution in [-0.4, -0.2) is 50.1 Å². The molecule has 114 valence electrons. The van der Waals surface area contributed by atoms with Crippen LogP contribution < -0.4 is 5.32 Å². The predicted molar refractivity (Wildman–Crippen MR) is 80.4 cm³/mol. The third-order valence-corrected chi connectivity index (χ3v) is 3.63. The van der Waals surface area contributed by atoms with E-state index in [2.05, 4.69) is 5.32 Å². The number of benzene rings is 1. The fourth-order valence-electron chi connectivity index (χ4n) is 2.41. The summed E-state index contributed by atoms with van der Waals surface area (Å²) < 4.78 is 4.88. The first-order chi connectivity index (χ1) is 10.2. The van der Waals surface area contributed by atoms with E-state index in [0.717, 1.165) is 25.9 Å². The lowest BCUT2D eigenvalue weighted by atomic mass is 10.1. The van der Waals surface area contributed by atoms with Crippen LogP contribution in [0.4, 0.5) is 0 Å². The Morgan fingerprint density at radius 3 is 2.33 bits per heavy atom. The van der Waals surface area contributed by atoms with Crippen molar-refractivity contribution in [3.05, 3.63) is 35.4 Å². The molecule has 1 aromatic carbocycles. The summed E-state index contributed by atoms with van der Waals surface area (Å²) in [5, 5.41) is 2.75. The molecule has 21 heavy (non-hydrogen) atoms. The summed E-state index contributed by atoms with van der Waals surface area (Å²) >= 11 is 0. The van der Waals surface area contributed by atoms with Crippen molar-refractivity contribution >= 4 is 11.8 Å². The molecule has 0 spiro atoms. The molecule has 5 heteroatoms. The highest BCUT2D eigenvalue weighted by molar-refractivity contribution is 5.97. The Balaban J connectivity index is 1.94. The van der Waals surface area contributed by atoms with Gasteiger partial charge in [0.05, 0.1) is 6.61 Å². The monoisotopic (exact) mass is 290 g/mol. The van der Waals surface area contributed by atoms with E-state index in [0.29, 0.717) is 24.3 Å². The fraction of sp³-hybridized carbons (Fsp3) is 0.500. The topological polar surface area (TPSA) is 58.6 Å². The highest BCUT2D eigenvalue weighted by atomic mass is 16.5. The highest BCUT2D eigenvalue weighted by Gasteiger charge is 2.18. The second kappa shape index (κ2) is 7.78. The van der Waals surface area contributed by atoms with E-state index in [1.807, 2.05) is 4.90 Å². The minimum absolute atomic E-state index is 0.0565. The van der Waals surface area contributed by atoms with Crippen LogP contribution in [0.15, 0.2) is 24.3 Å². The van der Waals surface area contributed by atoms with Crippen molar-refractivity contribution in [2.45, 2.75) is 19.3 Å². The summed E-state index contributed by atoms with van der Waals surface area (Å²) in [4.78, 5) is 26.0. The Hall–Kier alpha value is -1.88. The van der Waals surface area contributed by atoms with Crippen molar-refractivity contribution in [3.63, 3.8) is 0 Å². The van der Waals surface area contributed by atoms with Gasteiger partial charge in [0.15, 0.2) is 0 Å². The molecular weight excluding hydrogens is 268 g/mol. The van der Waals surface area contributed by atoms with Gasteiger partial charge in [-0.1, -0.05) is 0 Å². The maximum atomic E-state index is 12.3. The average molecular weight is 290 g/mol. The van der Waals surface area contributed by atoms with Crippen LogP contribution in [0.1, 0.15) is 40.0 Å². The first-order valence-corrected chi connectivity index (χ1v) is 7.39. The van der Waals surface area contributed by atoms with E-state index in [9.17, 15) is 9.59 Å². The summed E-state index contributed by atoms with van der Waals surface area (Å²) in [6, 6.07) is 6.84. The van der Waals surface area contributed by atoms with Gasteiger partial charge in [0, 0.05) is 37.9 Å². The molecule has 1 N–H and O–H groups in total. The molecule has 0 saturated carbocycles. The lowest BCUT2D eigenvalue weighted by Gasteiger charge is -2.26. The third kappa shape index (κ3) is 4.29. The molecular formula is C16H22N2O3. The van der Waals surface area contributed by atoms with Gasteiger partial charge in [0.1, 0.15) is 0 Å². The van der Waals surface area contributed by atoms with Gasteiger partial charge in [-0.15, -0.1) is 0 Å². The molecule has 1 aromatic rings. The maximum Gasteiger partial charge on any atom is 0.253 e. The summed E-state index contributed by atoms with van der Waals surface area (Å²) in [5.41, 5.74) is 1.20. The Bertz CT molecular complexity index is 479. The smallest absolute Gasteiger partial charge is 0.253 e. The third-order valence-electron chi connectivity index (χ3n) is 3.63. The van der Waals surface area contributed by atoms with Crippen molar-refractivity contribution in [2.24, 2.45) is 0 Å². The van der Waals surface area contributed by atoms with Crippen LogP contribution in [0.5, 0.6) is 0 Å². The number of piperidine rings is 1. The summed E-state index contributed by atoms with van der Waals surface area (Å²) in [6.07, 6.45) is 3.35. The number of likely N-dealkylation sites (tertiary alicyclic amines) is 1. The molecule has 0 unspecified atom stereocenters. The fourth-order valence-corrected chi connectivity index (χ4v) is 2.41. The highest BCUT2D eigenvalue weighted by Crippen LogP contribution is 2.13. The number of hydrogen-bond donors (Lipinski definition) is 1. The largest absolute Gasteiger partial charge is 0.383 e. The zero-order valence-electron chi connectivity index (χ0n) is 12.4. The van der Waals surface area contributed by atoms with Crippen LogP contribution >= 0.6 is 0 Å². The molecule has 0 bridgehead atoms. The van der Waals surface area contributed by atoms with Crippen molar-refractivity contribution < 1.29 is 14.3 Å². The minimum Gasteiger partial charge on any atom is -0.383 e. The van der Waals surface area contributed by atoms with Gasteiger partial charge >= 0.3 is 0 Å². The van der Waals surface area contributed by atoms with Crippen LogP contribution in [0, 0.1) is 0 Å². The maximum absolute atomic E-state index is 12.3. The SMILES string of the molecule is COCCNC(=O)c1ccc(C(=O)N2CCCCC2)cc1. The van der Waals surface area contributed by atoms with E-state index >= 15 is 0 Å². The van der Waals surface area contributed by atoms with Crippen LogP contribution in [0.2, 0.25) is 0 Å². The molecule has 1 aliphatic rings. The lowest BCUT2D eigenvalue weighted by molar-refractivity contribution is 0.0723. The first kappa shape index (κ1) is 15.5. The van der Waals surface area contributed by atoms with E-state index in [-0.39, 0.29) is 11.8 Å². The molecule has 1 heterocycles. The number of nitrogens with zero attached hydrogens (tertiary/aromatic N) is 1.